The van der Waals surface area contributed by atoms with E-state index >= 15 is 0 Å². The van der Waals surface area contributed by atoms with Gasteiger partial charge in [-0.1, -0.05) is 38.0 Å². The van der Waals surface area contributed by atoms with Crippen molar-refractivity contribution in [3.63, 3.8) is 0 Å². The van der Waals surface area contributed by atoms with Crippen LogP contribution in [-0.4, -0.2) is 36.3 Å². The quantitative estimate of drug-likeness (QED) is 0.758. The van der Waals surface area contributed by atoms with Gasteiger partial charge in [0.05, 0.1) is 0 Å². The Morgan fingerprint density at radius 3 is 2.73 bits per heavy atom. The molecule has 0 bridgehead atoms. The predicted molar refractivity (Wildman–Crippen MR) is 88.9 cm³/mol. The molecule has 22 heavy (non-hydrogen) atoms. The lowest BCUT2D eigenvalue weighted by molar-refractivity contribution is -0.133. The number of unbranched alkanes of at least 4 members (excludes halogenated alkanes) is 2. The average molecular weight is 302 g/mol. The van der Waals surface area contributed by atoms with E-state index in [4.69, 9.17) is 0 Å². The standard InChI is InChI=1S/C18H26N2O2/c1-3-4-7-12-19(15(2)21)14-18(22)20-13-8-10-16-9-5-6-11-17(16)20/h5-6,9,11H,3-4,7-8,10,12-14H2,1-2H3. The summed E-state index contributed by atoms with van der Waals surface area (Å²) in [7, 11) is 0. The van der Waals surface area contributed by atoms with E-state index in [9.17, 15) is 9.59 Å². The molecule has 1 aromatic rings. The summed E-state index contributed by atoms with van der Waals surface area (Å²) in [5.74, 6) is 0.00796. The zero-order valence-electron chi connectivity index (χ0n) is 13.7. The van der Waals surface area contributed by atoms with Crippen molar-refractivity contribution in [2.75, 3.05) is 24.5 Å². The zero-order valence-corrected chi connectivity index (χ0v) is 13.7. The molecule has 0 radical (unpaired) electrons. The van der Waals surface area contributed by atoms with Gasteiger partial charge < -0.3 is 9.80 Å². The monoisotopic (exact) mass is 302 g/mol. The Morgan fingerprint density at radius 2 is 2.00 bits per heavy atom. The third-order valence-electron chi connectivity index (χ3n) is 4.21. The number of rotatable bonds is 6. The maximum absolute atomic E-state index is 12.6. The molecule has 2 amide bonds. The number of hydrogen-bond donors (Lipinski definition) is 0. The van der Waals surface area contributed by atoms with Crippen LogP contribution in [0.3, 0.4) is 0 Å². The normalized spacial score (nSPS) is 13.6. The molecule has 0 saturated heterocycles. The van der Waals surface area contributed by atoms with Gasteiger partial charge in [0, 0.05) is 25.7 Å². The molecule has 4 heteroatoms. The van der Waals surface area contributed by atoms with Crippen LogP contribution in [0.15, 0.2) is 24.3 Å². The molecule has 1 aliphatic heterocycles. The molecule has 4 nitrogen and oxygen atoms in total. The second-order valence-electron chi connectivity index (χ2n) is 5.93. The smallest absolute Gasteiger partial charge is 0.246 e. The van der Waals surface area contributed by atoms with Crippen LogP contribution < -0.4 is 4.90 Å². The lowest BCUT2D eigenvalue weighted by atomic mass is 10.0. The van der Waals surface area contributed by atoms with Crippen LogP contribution in [0, 0.1) is 0 Å². The molecule has 120 valence electrons. The van der Waals surface area contributed by atoms with Gasteiger partial charge in [-0.05, 0) is 30.9 Å². The van der Waals surface area contributed by atoms with Gasteiger partial charge in [-0.25, -0.2) is 0 Å². The highest BCUT2D eigenvalue weighted by atomic mass is 16.2. The third kappa shape index (κ3) is 4.09. The lowest BCUT2D eigenvalue weighted by Crippen LogP contribution is -2.44. The van der Waals surface area contributed by atoms with E-state index in [2.05, 4.69) is 13.0 Å². The Kier molecular flexibility index (Phi) is 5.99. The lowest BCUT2D eigenvalue weighted by Gasteiger charge is -2.31. The average Bonchev–Trinajstić information content (AvgIpc) is 2.53. The summed E-state index contributed by atoms with van der Waals surface area (Å²) in [5.41, 5.74) is 2.23. The van der Waals surface area contributed by atoms with Gasteiger partial charge in [0.1, 0.15) is 6.54 Å². The van der Waals surface area contributed by atoms with Crippen molar-refractivity contribution in [3.05, 3.63) is 29.8 Å². The minimum absolute atomic E-state index is 0.0188. The summed E-state index contributed by atoms with van der Waals surface area (Å²) < 4.78 is 0. The van der Waals surface area contributed by atoms with Gasteiger partial charge in [-0.15, -0.1) is 0 Å². The Bertz CT molecular complexity index is 528. The van der Waals surface area contributed by atoms with Crippen LogP contribution in [0.25, 0.3) is 0 Å². The zero-order chi connectivity index (χ0) is 15.9. The first-order valence-corrected chi connectivity index (χ1v) is 8.27. The summed E-state index contributed by atoms with van der Waals surface area (Å²) in [6, 6.07) is 8.06. The first-order chi connectivity index (χ1) is 10.6. The number of carbonyl (C=O) groups excluding carboxylic acids is 2. The molecule has 0 N–H and O–H groups in total. The second kappa shape index (κ2) is 7.97. The number of para-hydroxylation sites is 1. The Balaban J connectivity index is 2.03. The van der Waals surface area contributed by atoms with E-state index in [1.807, 2.05) is 23.1 Å². The van der Waals surface area contributed by atoms with E-state index in [0.717, 1.165) is 44.3 Å². The largest absolute Gasteiger partial charge is 0.334 e. The SMILES string of the molecule is CCCCCN(CC(=O)N1CCCc2ccccc21)C(C)=O. The molecule has 1 heterocycles. The van der Waals surface area contributed by atoms with Gasteiger partial charge in [-0.3, -0.25) is 9.59 Å². The Hall–Kier alpha value is -1.84. The van der Waals surface area contributed by atoms with E-state index in [0.29, 0.717) is 6.54 Å². The molecule has 1 aromatic carbocycles. The molecule has 0 unspecified atom stereocenters. The van der Waals surface area contributed by atoms with Crippen molar-refractivity contribution in [3.8, 4) is 0 Å². The molecular weight excluding hydrogens is 276 g/mol. The number of anilines is 1. The number of aryl methyl sites for hydroxylation is 1. The van der Waals surface area contributed by atoms with Crippen LogP contribution in [0.1, 0.15) is 45.1 Å². The highest BCUT2D eigenvalue weighted by Gasteiger charge is 2.24. The van der Waals surface area contributed by atoms with Crippen LogP contribution in [-0.2, 0) is 16.0 Å². The number of nitrogens with zero attached hydrogens (tertiary/aromatic N) is 2. The number of amides is 2. The summed E-state index contributed by atoms with van der Waals surface area (Å²) >= 11 is 0. The molecule has 0 aromatic heterocycles. The minimum atomic E-state index is -0.0188. The highest BCUT2D eigenvalue weighted by molar-refractivity contribution is 5.97. The van der Waals surface area contributed by atoms with Crippen molar-refractivity contribution in [1.82, 2.24) is 4.90 Å². The molecule has 1 aliphatic rings. The Morgan fingerprint density at radius 1 is 1.23 bits per heavy atom. The number of hydrogen-bond acceptors (Lipinski definition) is 2. The number of benzene rings is 1. The molecular formula is C18H26N2O2. The van der Waals surface area contributed by atoms with Crippen LogP contribution >= 0.6 is 0 Å². The molecule has 0 saturated carbocycles. The number of fused-ring (bicyclic) bond motifs is 1. The van der Waals surface area contributed by atoms with E-state index in [1.165, 1.54) is 5.56 Å². The van der Waals surface area contributed by atoms with Gasteiger partial charge in [0.15, 0.2) is 0 Å². The van der Waals surface area contributed by atoms with E-state index < -0.39 is 0 Å². The van der Waals surface area contributed by atoms with E-state index in [1.54, 1.807) is 11.8 Å². The molecule has 0 spiro atoms. The second-order valence-corrected chi connectivity index (χ2v) is 5.93. The maximum Gasteiger partial charge on any atom is 0.246 e. The van der Waals surface area contributed by atoms with Crippen LogP contribution in [0.5, 0.6) is 0 Å². The fraction of sp³-hybridized carbons (Fsp3) is 0.556. The first kappa shape index (κ1) is 16.5. The van der Waals surface area contributed by atoms with Gasteiger partial charge in [0.25, 0.3) is 0 Å². The summed E-state index contributed by atoms with van der Waals surface area (Å²) in [5, 5.41) is 0. The maximum atomic E-state index is 12.6. The van der Waals surface area contributed by atoms with Crippen molar-refractivity contribution >= 4 is 17.5 Å². The molecule has 0 aliphatic carbocycles. The molecule has 0 atom stereocenters. The third-order valence-corrected chi connectivity index (χ3v) is 4.21. The van der Waals surface area contributed by atoms with Crippen LogP contribution in [0.2, 0.25) is 0 Å². The van der Waals surface area contributed by atoms with Gasteiger partial charge in [-0.2, -0.15) is 0 Å². The van der Waals surface area contributed by atoms with E-state index in [-0.39, 0.29) is 18.4 Å². The van der Waals surface area contributed by atoms with Crippen molar-refractivity contribution < 1.29 is 9.59 Å². The summed E-state index contributed by atoms with van der Waals surface area (Å²) in [6.45, 7) is 5.28. The van der Waals surface area contributed by atoms with Crippen LogP contribution in [0.4, 0.5) is 5.69 Å². The number of carbonyl (C=O) groups is 2. The van der Waals surface area contributed by atoms with Gasteiger partial charge >= 0.3 is 0 Å². The van der Waals surface area contributed by atoms with Crippen molar-refractivity contribution in [2.45, 2.75) is 46.0 Å². The fourth-order valence-corrected chi connectivity index (χ4v) is 2.94. The molecule has 2 rings (SSSR count). The molecule has 0 fully saturated rings. The predicted octanol–water partition coefficient (Wildman–Crippen LogP) is 3.00. The highest BCUT2D eigenvalue weighted by Crippen LogP contribution is 2.26. The topological polar surface area (TPSA) is 40.6 Å². The fourth-order valence-electron chi connectivity index (χ4n) is 2.94. The van der Waals surface area contributed by atoms with Gasteiger partial charge in [0.2, 0.25) is 11.8 Å². The minimum Gasteiger partial charge on any atom is -0.334 e. The van der Waals surface area contributed by atoms with Crippen molar-refractivity contribution in [1.29, 1.82) is 0 Å². The Labute approximate surface area is 133 Å². The van der Waals surface area contributed by atoms with Crippen molar-refractivity contribution in [2.24, 2.45) is 0 Å². The first-order valence-electron chi connectivity index (χ1n) is 8.27. The summed E-state index contributed by atoms with van der Waals surface area (Å²) in [6.07, 6.45) is 5.16. The summed E-state index contributed by atoms with van der Waals surface area (Å²) in [4.78, 5) is 27.9.